The van der Waals surface area contributed by atoms with Gasteiger partial charge >= 0.3 is 0 Å². The summed E-state index contributed by atoms with van der Waals surface area (Å²) in [4.78, 5) is 0. The minimum absolute atomic E-state index is 0. The number of hydrogen-bond acceptors (Lipinski definition) is 2. The van der Waals surface area contributed by atoms with Gasteiger partial charge in [-0.25, -0.2) is 0 Å². The zero-order chi connectivity index (χ0) is 7.00. The van der Waals surface area contributed by atoms with E-state index in [1.807, 2.05) is 27.7 Å². The van der Waals surface area contributed by atoms with Gasteiger partial charge in [-0.3, -0.25) is 0 Å². The first-order valence-electron chi connectivity index (χ1n) is 2.83. The van der Waals surface area contributed by atoms with Crippen LogP contribution in [0.2, 0.25) is 0 Å². The van der Waals surface area contributed by atoms with E-state index in [9.17, 15) is 0 Å². The van der Waals surface area contributed by atoms with E-state index in [2.05, 4.69) is 0 Å². The molecule has 0 radical (unpaired) electrons. The maximum atomic E-state index is 5.69. The molecule has 0 saturated heterocycles. The van der Waals surface area contributed by atoms with Crippen LogP contribution < -0.4 is 11.5 Å². The predicted octanol–water partition coefficient (Wildman–Crippen LogP) is 0.880. The van der Waals surface area contributed by atoms with Gasteiger partial charge in [-0.15, -0.1) is 12.4 Å². The van der Waals surface area contributed by atoms with E-state index in [1.54, 1.807) is 0 Å². The van der Waals surface area contributed by atoms with Gasteiger partial charge in [-0.2, -0.15) is 0 Å². The molecule has 0 aliphatic rings. The Morgan fingerprint density at radius 3 is 0.900 bits per heavy atom. The van der Waals surface area contributed by atoms with Crippen molar-refractivity contribution >= 4 is 12.4 Å². The van der Waals surface area contributed by atoms with E-state index in [1.165, 1.54) is 0 Å². The Morgan fingerprint density at radius 2 is 0.900 bits per heavy atom. The molecule has 10 heavy (non-hydrogen) atoms. The standard InChI is InChI=1S/C6H16N2.ClH.Zn/c1-5(2,7)6(3,4)8;;/h7-8H2,1-4H3;1H;. The molecule has 0 saturated carbocycles. The summed E-state index contributed by atoms with van der Waals surface area (Å²) in [6.45, 7) is 7.69. The first-order chi connectivity index (χ1) is 3.25. The Labute approximate surface area is 82.3 Å². The van der Waals surface area contributed by atoms with Crippen molar-refractivity contribution in [2.24, 2.45) is 11.5 Å². The van der Waals surface area contributed by atoms with Crippen molar-refractivity contribution in [3.8, 4) is 0 Å². The van der Waals surface area contributed by atoms with Crippen LogP contribution in [0.4, 0.5) is 0 Å². The molecule has 0 spiro atoms. The summed E-state index contributed by atoms with van der Waals surface area (Å²) in [5.74, 6) is 0. The van der Waals surface area contributed by atoms with E-state index in [0.29, 0.717) is 0 Å². The molecule has 0 bridgehead atoms. The van der Waals surface area contributed by atoms with Crippen LogP contribution in [0.15, 0.2) is 0 Å². The van der Waals surface area contributed by atoms with Crippen LogP contribution in [0.25, 0.3) is 0 Å². The third-order valence-electron chi connectivity index (χ3n) is 1.66. The van der Waals surface area contributed by atoms with Crippen molar-refractivity contribution in [3.63, 3.8) is 0 Å². The molecule has 0 aromatic rings. The predicted molar refractivity (Wildman–Crippen MR) is 43.8 cm³/mol. The van der Waals surface area contributed by atoms with Crippen molar-refractivity contribution in [2.75, 3.05) is 0 Å². The van der Waals surface area contributed by atoms with Crippen LogP contribution in [-0.2, 0) is 19.5 Å². The van der Waals surface area contributed by atoms with E-state index in [0.717, 1.165) is 0 Å². The quantitative estimate of drug-likeness (QED) is 0.642. The molecule has 0 unspecified atom stereocenters. The van der Waals surface area contributed by atoms with E-state index >= 15 is 0 Å². The smallest absolute Gasteiger partial charge is 0.0274 e. The molecule has 0 atom stereocenters. The van der Waals surface area contributed by atoms with Crippen LogP contribution in [0.3, 0.4) is 0 Å². The summed E-state index contributed by atoms with van der Waals surface area (Å²) < 4.78 is 0. The van der Waals surface area contributed by atoms with Crippen LogP contribution in [0, 0.1) is 0 Å². The maximum absolute atomic E-state index is 5.69. The fraction of sp³-hybridized carbons (Fsp3) is 1.00. The molecule has 0 rings (SSSR count). The second-order valence-electron chi connectivity index (χ2n) is 3.44. The fourth-order valence-corrected chi connectivity index (χ4v) is 0. The van der Waals surface area contributed by atoms with E-state index < -0.39 is 0 Å². The average Bonchev–Trinajstić information content (AvgIpc) is 1.25. The molecular weight excluding hydrogens is 201 g/mol. The summed E-state index contributed by atoms with van der Waals surface area (Å²) in [6, 6.07) is 0. The molecule has 0 fully saturated rings. The Morgan fingerprint density at radius 1 is 0.800 bits per heavy atom. The molecule has 2 nitrogen and oxygen atoms in total. The SMILES string of the molecule is CC(C)(N)C(C)(C)N.Cl.[Zn]. The normalized spacial score (nSPS) is 11.4. The summed E-state index contributed by atoms with van der Waals surface area (Å²) >= 11 is 0. The van der Waals surface area contributed by atoms with Crippen LogP contribution in [0.1, 0.15) is 27.7 Å². The van der Waals surface area contributed by atoms with Crippen molar-refractivity contribution in [2.45, 2.75) is 38.8 Å². The second kappa shape index (κ2) is 4.66. The molecular formula is C6H17ClN2Zn. The fourth-order valence-electron chi connectivity index (χ4n) is 0. The Hall–Kier alpha value is 0.833. The van der Waals surface area contributed by atoms with Gasteiger partial charge in [0.15, 0.2) is 0 Å². The molecule has 0 aromatic carbocycles. The minimum atomic E-state index is -0.285. The van der Waals surface area contributed by atoms with Gasteiger partial charge in [0.2, 0.25) is 0 Å². The van der Waals surface area contributed by atoms with Gasteiger partial charge < -0.3 is 11.5 Å². The van der Waals surface area contributed by atoms with Crippen molar-refractivity contribution in [3.05, 3.63) is 0 Å². The molecule has 0 aliphatic heterocycles. The van der Waals surface area contributed by atoms with Gasteiger partial charge in [0.1, 0.15) is 0 Å². The molecule has 60 valence electrons. The number of nitrogens with two attached hydrogens (primary N) is 2. The molecule has 0 aliphatic carbocycles. The maximum Gasteiger partial charge on any atom is 0.0274 e. The number of hydrogen-bond donors (Lipinski definition) is 2. The zero-order valence-corrected chi connectivity index (χ0v) is 11.1. The number of rotatable bonds is 1. The van der Waals surface area contributed by atoms with E-state index in [4.69, 9.17) is 11.5 Å². The Balaban J connectivity index is -0.000000245. The molecule has 4 heteroatoms. The molecule has 0 heterocycles. The van der Waals surface area contributed by atoms with Crippen LogP contribution in [0.5, 0.6) is 0 Å². The summed E-state index contributed by atoms with van der Waals surface area (Å²) in [5, 5.41) is 0. The van der Waals surface area contributed by atoms with Gasteiger partial charge in [-0.05, 0) is 27.7 Å². The summed E-state index contributed by atoms with van der Waals surface area (Å²) in [5.41, 5.74) is 10.8. The molecule has 0 aromatic heterocycles. The van der Waals surface area contributed by atoms with Crippen LogP contribution >= 0.6 is 12.4 Å². The average molecular weight is 218 g/mol. The zero-order valence-electron chi connectivity index (χ0n) is 7.27. The van der Waals surface area contributed by atoms with E-state index in [-0.39, 0.29) is 43.0 Å². The minimum Gasteiger partial charge on any atom is -0.324 e. The van der Waals surface area contributed by atoms with Gasteiger partial charge in [-0.1, -0.05) is 0 Å². The first kappa shape index (κ1) is 17.1. The van der Waals surface area contributed by atoms with Crippen LogP contribution in [-0.4, -0.2) is 11.1 Å². The van der Waals surface area contributed by atoms with Crippen molar-refractivity contribution in [1.82, 2.24) is 0 Å². The Kier molecular flexibility index (Phi) is 7.95. The van der Waals surface area contributed by atoms with Crippen molar-refractivity contribution < 1.29 is 19.5 Å². The Bertz CT molecular complexity index is 70.7. The van der Waals surface area contributed by atoms with Gasteiger partial charge in [0.05, 0.1) is 0 Å². The number of halogens is 1. The third-order valence-corrected chi connectivity index (χ3v) is 1.66. The molecule has 0 amide bonds. The monoisotopic (exact) mass is 216 g/mol. The largest absolute Gasteiger partial charge is 0.324 e. The topological polar surface area (TPSA) is 52.0 Å². The summed E-state index contributed by atoms with van der Waals surface area (Å²) in [6.07, 6.45) is 0. The van der Waals surface area contributed by atoms with Gasteiger partial charge in [0.25, 0.3) is 0 Å². The first-order valence-corrected chi connectivity index (χ1v) is 2.83. The summed E-state index contributed by atoms with van der Waals surface area (Å²) in [7, 11) is 0. The second-order valence-corrected chi connectivity index (χ2v) is 3.44. The third kappa shape index (κ3) is 5.61. The van der Waals surface area contributed by atoms with Gasteiger partial charge in [0, 0.05) is 30.6 Å². The van der Waals surface area contributed by atoms with Crippen molar-refractivity contribution in [1.29, 1.82) is 0 Å². The molecule has 4 N–H and O–H groups in total.